The summed E-state index contributed by atoms with van der Waals surface area (Å²) in [6, 6.07) is 13.3. The predicted molar refractivity (Wildman–Crippen MR) is 146 cm³/mol. The van der Waals surface area contributed by atoms with Gasteiger partial charge >= 0.3 is 29.6 Å². The van der Waals surface area contributed by atoms with Gasteiger partial charge in [0.25, 0.3) is 16.0 Å². The Morgan fingerprint density at radius 2 is 1.65 bits per heavy atom. The molecule has 2 N–H and O–H groups in total. The summed E-state index contributed by atoms with van der Waals surface area (Å²) in [6.07, 6.45) is 0. The van der Waals surface area contributed by atoms with Crippen LogP contribution in [0.2, 0.25) is 10.0 Å². The first-order chi connectivity index (χ1) is 18.4. The fraction of sp³-hybridized carbons (Fsp3) is 0.115. The predicted octanol–water partition coefficient (Wildman–Crippen LogP) is 3.46. The van der Waals surface area contributed by atoms with Crippen LogP contribution in [0.25, 0.3) is 10.8 Å². The molecule has 0 fully saturated rings. The molecular weight excluding hydrogens is 592 g/mol. The van der Waals surface area contributed by atoms with E-state index in [4.69, 9.17) is 32.7 Å². The zero-order valence-corrected chi connectivity index (χ0v) is 26.0. The van der Waals surface area contributed by atoms with Crippen LogP contribution in [0.15, 0.2) is 69.7 Å². The van der Waals surface area contributed by atoms with Gasteiger partial charge in [0.15, 0.2) is 0 Å². The number of carbonyl (C=O) groups excluding carboxylic acids is 1. The molecule has 202 valence electrons. The fourth-order valence-electron chi connectivity index (χ4n) is 3.76. The number of anilines is 1. The van der Waals surface area contributed by atoms with Crippen molar-refractivity contribution in [3.05, 3.63) is 75.8 Å². The minimum absolute atomic E-state index is 0. The van der Waals surface area contributed by atoms with Gasteiger partial charge < -0.3 is 19.9 Å². The molecule has 0 saturated carbocycles. The summed E-state index contributed by atoms with van der Waals surface area (Å²) in [7, 11) is -1.89. The molecule has 0 aliphatic carbocycles. The molecule has 4 aromatic carbocycles. The Morgan fingerprint density at radius 3 is 2.30 bits per heavy atom. The molecular formula is C26H20Cl2N3NaO7S. The van der Waals surface area contributed by atoms with Gasteiger partial charge in [-0.2, -0.15) is 13.5 Å². The molecule has 0 radical (unpaired) electrons. The third-order valence-corrected chi connectivity index (χ3v) is 7.30. The number of nitrogens with one attached hydrogen (secondary N) is 1. The van der Waals surface area contributed by atoms with E-state index in [1.54, 1.807) is 31.2 Å². The van der Waals surface area contributed by atoms with Gasteiger partial charge in [0, 0.05) is 28.1 Å². The number of rotatable bonds is 7. The Bertz CT molecular complexity index is 1770. The fourth-order valence-corrected chi connectivity index (χ4v) is 4.84. The van der Waals surface area contributed by atoms with Crippen molar-refractivity contribution >= 4 is 67.1 Å². The number of nitrogens with zero attached hydrogens (tertiary/aromatic N) is 2. The van der Waals surface area contributed by atoms with E-state index in [-0.39, 0.29) is 73.7 Å². The van der Waals surface area contributed by atoms with Crippen LogP contribution in [0, 0.1) is 6.92 Å². The molecule has 0 spiro atoms. The van der Waals surface area contributed by atoms with E-state index in [0.29, 0.717) is 16.3 Å². The molecule has 0 aliphatic heterocycles. The van der Waals surface area contributed by atoms with E-state index in [9.17, 15) is 22.9 Å². The van der Waals surface area contributed by atoms with Gasteiger partial charge in [0.05, 0.1) is 30.6 Å². The van der Waals surface area contributed by atoms with E-state index < -0.39 is 26.7 Å². The van der Waals surface area contributed by atoms with Crippen molar-refractivity contribution in [1.29, 1.82) is 0 Å². The quantitative estimate of drug-likeness (QED) is 0.184. The molecule has 0 aliphatic rings. The van der Waals surface area contributed by atoms with Crippen molar-refractivity contribution in [1.82, 2.24) is 0 Å². The molecule has 0 atom stereocenters. The molecule has 14 heteroatoms. The van der Waals surface area contributed by atoms with E-state index >= 15 is 0 Å². The van der Waals surface area contributed by atoms with Gasteiger partial charge in [-0.25, -0.2) is 0 Å². The normalized spacial score (nSPS) is 11.3. The Morgan fingerprint density at radius 1 is 0.975 bits per heavy atom. The number of azo groups is 1. The van der Waals surface area contributed by atoms with Crippen LogP contribution in [-0.2, 0) is 10.1 Å². The largest absolute Gasteiger partial charge is 1.00 e. The van der Waals surface area contributed by atoms with Crippen LogP contribution in [0.1, 0.15) is 15.9 Å². The van der Waals surface area contributed by atoms with Crippen LogP contribution in [0.4, 0.5) is 17.1 Å². The molecule has 0 heterocycles. The number of amides is 1. The first-order valence-electron chi connectivity index (χ1n) is 11.1. The molecule has 0 saturated heterocycles. The number of methoxy groups -OCH3 is 2. The SMILES string of the molecule is COc1cc(NC(=O)c2cc3ccccc3c(N=Nc3cc(Cl)c(C)cc3S(=O)(=O)O)c2[O-])c(OC)cc1Cl.[Na+]. The minimum Gasteiger partial charge on any atom is -0.870 e. The van der Waals surface area contributed by atoms with E-state index in [1.807, 2.05) is 0 Å². The van der Waals surface area contributed by atoms with Gasteiger partial charge in [0.1, 0.15) is 22.1 Å². The number of ether oxygens (including phenoxy) is 2. The third-order valence-electron chi connectivity index (χ3n) is 5.72. The van der Waals surface area contributed by atoms with Crippen LogP contribution >= 0.6 is 23.2 Å². The number of fused-ring (bicyclic) bond motifs is 1. The second kappa shape index (κ2) is 12.7. The van der Waals surface area contributed by atoms with Crippen molar-refractivity contribution in [2.75, 3.05) is 19.5 Å². The van der Waals surface area contributed by atoms with Crippen LogP contribution < -0.4 is 49.5 Å². The van der Waals surface area contributed by atoms with E-state index in [0.717, 1.165) is 6.07 Å². The zero-order chi connectivity index (χ0) is 28.5. The monoisotopic (exact) mass is 611 g/mol. The van der Waals surface area contributed by atoms with Gasteiger partial charge in [0.2, 0.25) is 0 Å². The number of hydrogen-bond donors (Lipinski definition) is 2. The molecule has 10 nitrogen and oxygen atoms in total. The Labute approximate surface area is 262 Å². The van der Waals surface area contributed by atoms with Crippen molar-refractivity contribution in [3.8, 4) is 17.2 Å². The number of aryl methyl sites for hydroxylation is 1. The maximum atomic E-state index is 13.5. The van der Waals surface area contributed by atoms with E-state index in [2.05, 4.69) is 15.5 Å². The maximum absolute atomic E-state index is 13.5. The topological polar surface area (TPSA) is 150 Å². The second-order valence-electron chi connectivity index (χ2n) is 8.21. The average Bonchev–Trinajstić information content (AvgIpc) is 2.89. The van der Waals surface area contributed by atoms with Crippen molar-refractivity contribution in [2.24, 2.45) is 10.2 Å². The van der Waals surface area contributed by atoms with Crippen molar-refractivity contribution in [2.45, 2.75) is 11.8 Å². The summed E-state index contributed by atoms with van der Waals surface area (Å²) in [4.78, 5) is 12.7. The summed E-state index contributed by atoms with van der Waals surface area (Å²) in [5.74, 6) is -1.05. The summed E-state index contributed by atoms with van der Waals surface area (Å²) in [6.45, 7) is 1.55. The van der Waals surface area contributed by atoms with Crippen molar-refractivity contribution in [3.63, 3.8) is 0 Å². The second-order valence-corrected chi connectivity index (χ2v) is 10.4. The van der Waals surface area contributed by atoms with Gasteiger partial charge in [-0.15, -0.1) is 5.11 Å². The number of halogens is 2. The Kier molecular flexibility index (Phi) is 10.1. The van der Waals surface area contributed by atoms with Gasteiger partial charge in [-0.3, -0.25) is 9.35 Å². The van der Waals surface area contributed by atoms with Gasteiger partial charge in [-0.05, 0) is 36.1 Å². The maximum Gasteiger partial charge on any atom is 1.00 e. The number of benzene rings is 4. The number of hydrogen-bond acceptors (Lipinski definition) is 8. The number of carbonyl (C=O) groups is 1. The van der Waals surface area contributed by atoms with Crippen LogP contribution in [0.3, 0.4) is 0 Å². The molecule has 4 aromatic rings. The summed E-state index contributed by atoms with van der Waals surface area (Å²) >= 11 is 12.3. The zero-order valence-electron chi connectivity index (χ0n) is 21.7. The third kappa shape index (κ3) is 6.52. The Balaban J connectivity index is 0.00000441. The molecule has 4 rings (SSSR count). The first kappa shape index (κ1) is 31.6. The molecule has 0 bridgehead atoms. The summed E-state index contributed by atoms with van der Waals surface area (Å²) in [5.41, 5.74) is -0.199. The Hall–Kier alpha value is -2.90. The molecule has 0 unspecified atom stereocenters. The average molecular weight is 612 g/mol. The smallest absolute Gasteiger partial charge is 0.870 e. The van der Waals surface area contributed by atoms with Crippen molar-refractivity contribution < 1.29 is 61.9 Å². The molecule has 40 heavy (non-hydrogen) atoms. The van der Waals surface area contributed by atoms with Crippen LogP contribution in [-0.4, -0.2) is 33.1 Å². The molecule has 0 aromatic heterocycles. The molecule has 1 amide bonds. The van der Waals surface area contributed by atoms with Gasteiger partial charge in [-0.1, -0.05) is 53.2 Å². The summed E-state index contributed by atoms with van der Waals surface area (Å²) in [5, 5.41) is 25.3. The first-order valence-corrected chi connectivity index (χ1v) is 13.3. The minimum atomic E-state index is -4.69. The van der Waals surface area contributed by atoms with E-state index in [1.165, 1.54) is 38.5 Å². The standard InChI is InChI=1S/C26H21Cl2N3O7S.Na/c1-13-8-23(39(34,35)36)20(10-17(13)27)30-31-24-15-7-5-4-6-14(15)9-16(25(24)32)26(33)29-19-12-21(37-2)18(28)11-22(19)38-3;/h4-12,32H,1-3H3,(H,29,33)(H,34,35,36);/q;+1/p-1. The van der Waals surface area contributed by atoms with Crippen LogP contribution in [0.5, 0.6) is 17.2 Å². The summed E-state index contributed by atoms with van der Waals surface area (Å²) < 4.78 is 44.0.